The third-order valence-electron chi connectivity index (χ3n) is 3.02. The molecule has 0 atom stereocenters. The average Bonchev–Trinajstić information content (AvgIpc) is 3.03. The smallest absolute Gasteiger partial charge is 0.248 e. The first kappa shape index (κ1) is 11.0. The lowest BCUT2D eigenvalue weighted by Crippen LogP contribution is -2.21. The molecule has 1 amide bonds. The molecule has 1 aromatic rings. The highest BCUT2D eigenvalue weighted by Crippen LogP contribution is 2.27. The van der Waals surface area contributed by atoms with Gasteiger partial charge in [0.15, 0.2) is 0 Å². The molecule has 0 bridgehead atoms. The van der Waals surface area contributed by atoms with Gasteiger partial charge < -0.3 is 11.5 Å². The summed E-state index contributed by atoms with van der Waals surface area (Å²) in [5.74, 6) is -0.436. The fourth-order valence-corrected chi connectivity index (χ4v) is 1.81. The van der Waals surface area contributed by atoms with Crippen LogP contribution in [0.25, 0.3) is 0 Å². The van der Waals surface area contributed by atoms with Crippen LogP contribution in [0.3, 0.4) is 0 Å². The van der Waals surface area contributed by atoms with E-state index in [2.05, 4.69) is 11.9 Å². The molecule has 0 aliphatic heterocycles. The summed E-state index contributed by atoms with van der Waals surface area (Å²) in [7, 11) is 2.10. The van der Waals surface area contributed by atoms with Gasteiger partial charge in [0.1, 0.15) is 0 Å². The Hall–Kier alpha value is -1.55. The number of rotatable bonds is 4. The van der Waals surface area contributed by atoms with E-state index in [4.69, 9.17) is 11.5 Å². The van der Waals surface area contributed by atoms with E-state index in [0.29, 0.717) is 17.3 Å². The third kappa shape index (κ3) is 2.33. The van der Waals surface area contributed by atoms with Gasteiger partial charge in [0.2, 0.25) is 5.91 Å². The van der Waals surface area contributed by atoms with Crippen LogP contribution < -0.4 is 11.5 Å². The fourth-order valence-electron chi connectivity index (χ4n) is 1.81. The van der Waals surface area contributed by atoms with E-state index < -0.39 is 5.91 Å². The zero-order chi connectivity index (χ0) is 11.7. The second kappa shape index (κ2) is 4.14. The van der Waals surface area contributed by atoms with Crippen LogP contribution in [-0.4, -0.2) is 23.9 Å². The van der Waals surface area contributed by atoms with Crippen molar-refractivity contribution in [2.75, 3.05) is 12.8 Å². The van der Waals surface area contributed by atoms with Crippen LogP contribution in [0.5, 0.6) is 0 Å². The van der Waals surface area contributed by atoms with Gasteiger partial charge in [-0.3, -0.25) is 9.69 Å². The predicted octanol–water partition coefficient (Wildman–Crippen LogP) is 0.962. The summed E-state index contributed by atoms with van der Waals surface area (Å²) >= 11 is 0. The number of nitrogens with zero attached hydrogens (tertiary/aromatic N) is 1. The molecule has 0 aromatic heterocycles. The van der Waals surface area contributed by atoms with Crippen molar-refractivity contribution in [1.29, 1.82) is 0 Å². The average molecular weight is 219 g/mol. The first-order chi connectivity index (χ1) is 7.58. The molecular weight excluding hydrogens is 202 g/mol. The maximum absolute atomic E-state index is 11.0. The summed E-state index contributed by atoms with van der Waals surface area (Å²) in [4.78, 5) is 13.2. The van der Waals surface area contributed by atoms with Gasteiger partial charge in [0.25, 0.3) is 0 Å². The lowest BCUT2D eigenvalue weighted by molar-refractivity contribution is 0.100. The first-order valence-corrected chi connectivity index (χ1v) is 5.46. The maximum atomic E-state index is 11.0. The van der Waals surface area contributed by atoms with Gasteiger partial charge in [-0.2, -0.15) is 0 Å². The minimum atomic E-state index is -0.436. The van der Waals surface area contributed by atoms with E-state index in [-0.39, 0.29) is 0 Å². The van der Waals surface area contributed by atoms with E-state index in [1.807, 2.05) is 6.07 Å². The summed E-state index contributed by atoms with van der Waals surface area (Å²) in [5.41, 5.74) is 13.2. The number of nitrogen functional groups attached to an aromatic ring is 1. The topological polar surface area (TPSA) is 72.3 Å². The summed E-state index contributed by atoms with van der Waals surface area (Å²) < 4.78 is 0. The molecule has 86 valence electrons. The zero-order valence-corrected chi connectivity index (χ0v) is 9.44. The van der Waals surface area contributed by atoms with E-state index in [9.17, 15) is 4.79 Å². The quantitative estimate of drug-likeness (QED) is 0.741. The Balaban J connectivity index is 2.12. The molecule has 1 saturated carbocycles. The highest BCUT2D eigenvalue weighted by Gasteiger charge is 2.26. The molecule has 1 aliphatic rings. The Kier molecular flexibility index (Phi) is 2.83. The number of nitrogens with two attached hydrogens (primary N) is 2. The van der Waals surface area contributed by atoms with E-state index in [1.165, 1.54) is 12.8 Å². The highest BCUT2D eigenvalue weighted by atomic mass is 16.1. The molecular formula is C12H17N3O. The van der Waals surface area contributed by atoms with Crippen LogP contribution >= 0.6 is 0 Å². The van der Waals surface area contributed by atoms with Gasteiger partial charge in [-0.05, 0) is 37.6 Å². The van der Waals surface area contributed by atoms with Crippen LogP contribution in [0.1, 0.15) is 28.8 Å². The molecule has 0 heterocycles. The van der Waals surface area contributed by atoms with Crippen molar-refractivity contribution < 1.29 is 4.79 Å². The van der Waals surface area contributed by atoms with Crippen LogP contribution in [0, 0.1) is 0 Å². The van der Waals surface area contributed by atoms with Gasteiger partial charge in [0, 0.05) is 23.8 Å². The Morgan fingerprint density at radius 2 is 2.19 bits per heavy atom. The Morgan fingerprint density at radius 1 is 1.50 bits per heavy atom. The zero-order valence-electron chi connectivity index (χ0n) is 9.44. The molecule has 4 heteroatoms. The van der Waals surface area contributed by atoms with Gasteiger partial charge in [-0.25, -0.2) is 0 Å². The molecule has 0 spiro atoms. The summed E-state index contributed by atoms with van der Waals surface area (Å²) in [6.45, 7) is 0.829. The lowest BCUT2D eigenvalue weighted by atomic mass is 10.1. The molecule has 4 N–H and O–H groups in total. The monoisotopic (exact) mass is 219 g/mol. The van der Waals surface area contributed by atoms with Gasteiger partial charge >= 0.3 is 0 Å². The third-order valence-corrected chi connectivity index (χ3v) is 3.02. The van der Waals surface area contributed by atoms with E-state index in [1.54, 1.807) is 12.1 Å². The summed E-state index contributed by atoms with van der Waals surface area (Å²) in [6, 6.07) is 5.97. The van der Waals surface area contributed by atoms with Crippen molar-refractivity contribution in [2.45, 2.75) is 25.4 Å². The van der Waals surface area contributed by atoms with Crippen LogP contribution in [-0.2, 0) is 6.54 Å². The van der Waals surface area contributed by atoms with Crippen LogP contribution in [0.4, 0.5) is 5.69 Å². The number of carbonyl (C=O) groups excluding carboxylic acids is 1. The normalized spacial score (nSPS) is 15.4. The molecule has 1 aliphatic carbocycles. The van der Waals surface area contributed by atoms with Crippen molar-refractivity contribution >= 4 is 11.6 Å². The van der Waals surface area contributed by atoms with Gasteiger partial charge in [-0.15, -0.1) is 0 Å². The van der Waals surface area contributed by atoms with E-state index in [0.717, 1.165) is 12.1 Å². The van der Waals surface area contributed by atoms with Crippen LogP contribution in [0.15, 0.2) is 18.2 Å². The largest absolute Gasteiger partial charge is 0.398 e. The molecule has 1 aromatic carbocycles. The standard InChI is InChI=1S/C12H17N3O/c1-15(10-4-5-10)7-9-3-2-8(12(14)16)6-11(9)13/h2-3,6,10H,4-5,7,13H2,1H3,(H2,14,16). The summed E-state index contributed by atoms with van der Waals surface area (Å²) in [6.07, 6.45) is 2.55. The van der Waals surface area contributed by atoms with E-state index >= 15 is 0 Å². The van der Waals surface area contributed by atoms with Crippen molar-refractivity contribution in [3.05, 3.63) is 29.3 Å². The molecule has 0 unspecified atom stereocenters. The van der Waals surface area contributed by atoms with Crippen LogP contribution in [0.2, 0.25) is 0 Å². The number of primary amides is 1. The van der Waals surface area contributed by atoms with Crippen molar-refractivity contribution in [1.82, 2.24) is 4.90 Å². The Bertz CT molecular complexity index is 413. The van der Waals surface area contributed by atoms with Crippen molar-refractivity contribution in [2.24, 2.45) is 5.73 Å². The maximum Gasteiger partial charge on any atom is 0.248 e. The highest BCUT2D eigenvalue weighted by molar-refractivity contribution is 5.93. The molecule has 0 radical (unpaired) electrons. The Morgan fingerprint density at radius 3 is 2.69 bits per heavy atom. The van der Waals surface area contributed by atoms with Gasteiger partial charge in [0.05, 0.1) is 0 Å². The fraction of sp³-hybridized carbons (Fsp3) is 0.417. The SMILES string of the molecule is CN(Cc1ccc(C(N)=O)cc1N)C1CC1. The lowest BCUT2D eigenvalue weighted by Gasteiger charge is -2.17. The first-order valence-electron chi connectivity index (χ1n) is 5.46. The molecule has 1 fully saturated rings. The number of carbonyl (C=O) groups is 1. The predicted molar refractivity (Wildman–Crippen MR) is 63.9 cm³/mol. The van der Waals surface area contributed by atoms with Crippen molar-refractivity contribution in [3.63, 3.8) is 0 Å². The minimum Gasteiger partial charge on any atom is -0.398 e. The number of hydrogen-bond acceptors (Lipinski definition) is 3. The van der Waals surface area contributed by atoms with Crippen molar-refractivity contribution in [3.8, 4) is 0 Å². The number of anilines is 1. The molecule has 4 nitrogen and oxygen atoms in total. The van der Waals surface area contributed by atoms with Gasteiger partial charge in [-0.1, -0.05) is 6.07 Å². The number of amides is 1. The second-order valence-corrected chi connectivity index (χ2v) is 4.42. The Labute approximate surface area is 95.2 Å². The second-order valence-electron chi connectivity index (χ2n) is 4.42. The number of benzene rings is 1. The molecule has 16 heavy (non-hydrogen) atoms. The number of hydrogen-bond donors (Lipinski definition) is 2. The minimum absolute atomic E-state index is 0.436. The molecule has 0 saturated heterocycles. The summed E-state index contributed by atoms with van der Waals surface area (Å²) in [5, 5.41) is 0. The molecule has 2 rings (SSSR count).